The number of hydrogen-bond donors (Lipinski definition) is 0. The van der Waals surface area contributed by atoms with Gasteiger partial charge in [-0.1, -0.05) is 17.7 Å². The van der Waals surface area contributed by atoms with Crippen LogP contribution in [0.2, 0.25) is 0 Å². The van der Waals surface area contributed by atoms with Gasteiger partial charge in [0.1, 0.15) is 21.4 Å². The number of aromatic nitrogens is 3. The third kappa shape index (κ3) is 2.52. The molecule has 0 N–H and O–H groups in total. The molecule has 3 aromatic heterocycles. The van der Waals surface area contributed by atoms with Crippen molar-refractivity contribution in [1.82, 2.24) is 14.6 Å². The van der Waals surface area contributed by atoms with Gasteiger partial charge < -0.3 is 4.90 Å². The van der Waals surface area contributed by atoms with Crippen molar-refractivity contribution in [2.75, 3.05) is 31.1 Å². The lowest BCUT2D eigenvalue weighted by atomic mass is 10.2. The molecule has 26 heavy (non-hydrogen) atoms. The minimum atomic E-state index is -0.0919. The van der Waals surface area contributed by atoms with Gasteiger partial charge in [-0.3, -0.25) is 9.80 Å². The molecule has 0 unspecified atom stereocenters. The number of fused-ring (bicyclic) bond motifs is 3. The first-order chi connectivity index (χ1) is 12.5. The van der Waals surface area contributed by atoms with Crippen LogP contribution < -0.4 is 15.5 Å². The molecule has 4 rings (SSSR count). The molecule has 0 spiro atoms. The van der Waals surface area contributed by atoms with Crippen LogP contribution in [-0.2, 0) is 0 Å². The molecule has 0 bridgehead atoms. The first-order valence-corrected chi connectivity index (χ1v) is 9.06. The zero-order chi connectivity index (χ0) is 18.4. The smallest absolute Gasteiger partial charge is 0.290 e. The Morgan fingerprint density at radius 2 is 1.77 bits per heavy atom. The van der Waals surface area contributed by atoms with Crippen molar-refractivity contribution < 1.29 is 0 Å². The average molecular weight is 365 g/mol. The van der Waals surface area contributed by atoms with Gasteiger partial charge in [-0.2, -0.15) is 0 Å². The zero-order valence-corrected chi connectivity index (χ0v) is 15.9. The van der Waals surface area contributed by atoms with E-state index in [1.165, 1.54) is 21.6 Å². The van der Waals surface area contributed by atoms with Crippen molar-refractivity contribution in [3.63, 3.8) is 0 Å². The highest BCUT2D eigenvalue weighted by Crippen LogP contribution is 2.35. The zero-order valence-electron chi connectivity index (χ0n) is 15.1. The normalized spacial score (nSPS) is 11.2. The van der Waals surface area contributed by atoms with Crippen molar-refractivity contribution >= 4 is 43.1 Å². The Balaban J connectivity index is 1.93. The summed E-state index contributed by atoms with van der Waals surface area (Å²) in [5, 5.41) is 2.73. The Bertz CT molecular complexity index is 1160. The molecule has 0 aliphatic rings. The first kappa shape index (κ1) is 16.5. The molecule has 0 atom stereocenters. The monoisotopic (exact) mass is 365 g/mol. The second kappa shape index (κ2) is 6.10. The number of aryl methyl sites for hydroxylation is 1. The summed E-state index contributed by atoms with van der Waals surface area (Å²) in [4.78, 5) is 25.0. The van der Waals surface area contributed by atoms with E-state index in [9.17, 15) is 4.79 Å². The van der Waals surface area contributed by atoms with Gasteiger partial charge >= 0.3 is 0 Å². The topological polar surface area (TPSA) is 54.3 Å². The van der Waals surface area contributed by atoms with E-state index in [4.69, 9.17) is 0 Å². The van der Waals surface area contributed by atoms with Crippen LogP contribution in [0.4, 0.5) is 11.4 Å². The molecule has 3 heterocycles. The van der Waals surface area contributed by atoms with E-state index in [0.29, 0.717) is 10.2 Å². The van der Waals surface area contributed by atoms with Crippen molar-refractivity contribution in [2.24, 2.45) is 0 Å². The summed E-state index contributed by atoms with van der Waals surface area (Å²) in [5.41, 5.74) is 3.73. The lowest BCUT2D eigenvalue weighted by Gasteiger charge is -2.21. The summed E-state index contributed by atoms with van der Waals surface area (Å²) >= 11 is 1.39. The van der Waals surface area contributed by atoms with Crippen molar-refractivity contribution in [3.8, 4) is 0 Å². The molecule has 0 aliphatic carbocycles. The highest BCUT2D eigenvalue weighted by atomic mass is 32.1. The van der Waals surface area contributed by atoms with Gasteiger partial charge in [0.15, 0.2) is 0 Å². The van der Waals surface area contributed by atoms with Gasteiger partial charge in [0.05, 0.1) is 16.8 Å². The largest absolute Gasteiger partial charge is 0.377 e. The molecule has 0 saturated heterocycles. The SMILES string of the molecule is Cc1ccc(N(C)n2cnc3c(sc4nccc(N(C)C)c43)c2=O)cc1. The van der Waals surface area contributed by atoms with Gasteiger partial charge in [0, 0.05) is 27.3 Å². The third-order valence-electron chi connectivity index (χ3n) is 4.46. The maximum atomic E-state index is 13.1. The fourth-order valence-electron chi connectivity index (χ4n) is 3.00. The van der Waals surface area contributed by atoms with Gasteiger partial charge in [0.2, 0.25) is 0 Å². The second-order valence-corrected chi connectivity index (χ2v) is 7.44. The van der Waals surface area contributed by atoms with Crippen LogP contribution in [-0.4, -0.2) is 35.8 Å². The Morgan fingerprint density at radius 3 is 2.46 bits per heavy atom. The van der Waals surface area contributed by atoms with Gasteiger partial charge in [-0.05, 0) is 25.1 Å². The highest BCUT2D eigenvalue weighted by molar-refractivity contribution is 7.25. The van der Waals surface area contributed by atoms with Gasteiger partial charge in [-0.15, -0.1) is 11.3 Å². The molecular weight excluding hydrogens is 346 g/mol. The standard InChI is InChI=1S/C19H19N5OS/c1-12-5-7-13(8-6-12)23(4)24-11-21-16-15-14(22(2)3)9-10-20-18(15)26-17(16)19(24)25/h5-11H,1-4H3. The van der Waals surface area contributed by atoms with Crippen molar-refractivity contribution in [1.29, 1.82) is 0 Å². The van der Waals surface area contributed by atoms with Crippen LogP contribution in [0, 0.1) is 6.92 Å². The second-order valence-electron chi connectivity index (χ2n) is 6.44. The Hall–Kier alpha value is -2.93. The Kier molecular flexibility index (Phi) is 3.88. The lowest BCUT2D eigenvalue weighted by Crippen LogP contribution is -2.35. The van der Waals surface area contributed by atoms with Crippen LogP contribution in [0.25, 0.3) is 20.4 Å². The van der Waals surface area contributed by atoms with Crippen LogP contribution in [0.1, 0.15) is 5.56 Å². The van der Waals surface area contributed by atoms with E-state index < -0.39 is 0 Å². The fourth-order valence-corrected chi connectivity index (χ4v) is 4.04. The maximum absolute atomic E-state index is 13.1. The number of hydrogen-bond acceptors (Lipinski definition) is 6. The van der Waals surface area contributed by atoms with E-state index in [2.05, 4.69) is 9.97 Å². The van der Waals surface area contributed by atoms with Crippen LogP contribution >= 0.6 is 11.3 Å². The first-order valence-electron chi connectivity index (χ1n) is 8.24. The van der Waals surface area contributed by atoms with Crippen LogP contribution in [0.3, 0.4) is 0 Å². The van der Waals surface area contributed by atoms with E-state index in [-0.39, 0.29) is 5.56 Å². The van der Waals surface area contributed by atoms with Crippen molar-refractivity contribution in [2.45, 2.75) is 6.92 Å². The maximum Gasteiger partial charge on any atom is 0.290 e. The number of benzene rings is 1. The predicted molar refractivity (Wildman–Crippen MR) is 108 cm³/mol. The molecule has 0 aliphatic heterocycles. The number of nitrogens with zero attached hydrogens (tertiary/aromatic N) is 5. The summed E-state index contributed by atoms with van der Waals surface area (Å²) in [7, 11) is 5.81. The minimum Gasteiger partial charge on any atom is -0.377 e. The Labute approximate surface area is 154 Å². The molecule has 4 aromatic rings. The highest BCUT2D eigenvalue weighted by Gasteiger charge is 2.17. The van der Waals surface area contributed by atoms with Gasteiger partial charge in [-0.25, -0.2) is 14.6 Å². The lowest BCUT2D eigenvalue weighted by molar-refractivity contribution is 0.730. The van der Waals surface area contributed by atoms with E-state index in [1.54, 1.807) is 17.5 Å². The van der Waals surface area contributed by atoms with E-state index in [1.807, 2.05) is 63.3 Å². The molecule has 7 heteroatoms. The quantitative estimate of drug-likeness (QED) is 0.558. The minimum absolute atomic E-state index is 0.0919. The molecule has 1 aromatic carbocycles. The molecule has 0 radical (unpaired) electrons. The summed E-state index contributed by atoms with van der Waals surface area (Å²) in [6, 6.07) is 9.97. The van der Waals surface area contributed by atoms with E-state index in [0.717, 1.165) is 21.6 Å². The van der Waals surface area contributed by atoms with Crippen LogP contribution in [0.5, 0.6) is 0 Å². The summed E-state index contributed by atoms with van der Waals surface area (Å²) in [5.74, 6) is 0. The fraction of sp³-hybridized carbons (Fsp3) is 0.211. The van der Waals surface area contributed by atoms with Crippen LogP contribution in [0.15, 0.2) is 47.7 Å². The van der Waals surface area contributed by atoms with E-state index >= 15 is 0 Å². The third-order valence-corrected chi connectivity index (χ3v) is 5.53. The summed E-state index contributed by atoms with van der Waals surface area (Å²) in [6.45, 7) is 2.04. The summed E-state index contributed by atoms with van der Waals surface area (Å²) < 4.78 is 2.15. The number of rotatable bonds is 3. The molecule has 0 fully saturated rings. The summed E-state index contributed by atoms with van der Waals surface area (Å²) in [6.07, 6.45) is 3.35. The number of anilines is 2. The molecule has 0 amide bonds. The average Bonchev–Trinajstić information content (AvgIpc) is 3.02. The molecular formula is C19H19N5OS. The molecule has 0 saturated carbocycles. The number of thiophene rings is 1. The number of pyridine rings is 1. The predicted octanol–water partition coefficient (Wildman–Crippen LogP) is 3.28. The van der Waals surface area contributed by atoms with Crippen molar-refractivity contribution in [3.05, 3.63) is 58.8 Å². The molecule has 132 valence electrons. The molecule has 6 nitrogen and oxygen atoms in total. The van der Waals surface area contributed by atoms with Gasteiger partial charge in [0.25, 0.3) is 5.56 Å². The Morgan fingerprint density at radius 1 is 1.04 bits per heavy atom.